The van der Waals surface area contributed by atoms with Gasteiger partial charge in [0.05, 0.1) is 16.5 Å². The van der Waals surface area contributed by atoms with Crippen molar-refractivity contribution in [1.29, 1.82) is 0 Å². The minimum absolute atomic E-state index is 0.00207. The van der Waals surface area contributed by atoms with E-state index < -0.39 is 22.6 Å². The van der Waals surface area contributed by atoms with Crippen molar-refractivity contribution >= 4 is 28.9 Å². The second-order valence-corrected chi connectivity index (χ2v) is 6.34. The minimum atomic E-state index is -0.773. The van der Waals surface area contributed by atoms with Crippen molar-refractivity contribution in [2.75, 3.05) is 16.8 Å². The number of halogens is 1. The highest BCUT2D eigenvalue weighted by Crippen LogP contribution is 2.27. The third-order valence-electron chi connectivity index (χ3n) is 4.57. The molecular formula is C19H18FN3O4. The Bertz CT molecular complexity index is 898. The molecule has 0 unspecified atom stereocenters. The molecule has 140 valence electrons. The lowest BCUT2D eigenvalue weighted by molar-refractivity contribution is -0.384. The summed E-state index contributed by atoms with van der Waals surface area (Å²) in [7, 11) is 0. The predicted molar refractivity (Wildman–Crippen MR) is 98.0 cm³/mol. The van der Waals surface area contributed by atoms with Gasteiger partial charge in [-0.15, -0.1) is 0 Å². The summed E-state index contributed by atoms with van der Waals surface area (Å²) in [4.78, 5) is 36.4. The second-order valence-electron chi connectivity index (χ2n) is 6.34. The Labute approximate surface area is 154 Å². The first kappa shape index (κ1) is 18.5. The summed E-state index contributed by atoms with van der Waals surface area (Å²) in [5.74, 6) is -2.18. The molecule has 1 aliphatic heterocycles. The van der Waals surface area contributed by atoms with E-state index in [0.717, 1.165) is 30.2 Å². The van der Waals surface area contributed by atoms with Crippen LogP contribution in [0, 0.1) is 21.8 Å². The van der Waals surface area contributed by atoms with Crippen LogP contribution in [0.5, 0.6) is 0 Å². The van der Waals surface area contributed by atoms with Gasteiger partial charge >= 0.3 is 0 Å². The number of aryl methyl sites for hydroxylation is 1. The first-order valence-corrected chi connectivity index (χ1v) is 8.53. The Morgan fingerprint density at radius 1 is 1.30 bits per heavy atom. The Morgan fingerprint density at radius 2 is 2.00 bits per heavy atom. The quantitative estimate of drug-likeness (QED) is 0.645. The third kappa shape index (κ3) is 3.94. The molecule has 0 radical (unpaired) electrons. The van der Waals surface area contributed by atoms with Gasteiger partial charge in [0.25, 0.3) is 5.69 Å². The van der Waals surface area contributed by atoms with E-state index in [1.807, 2.05) is 31.2 Å². The first-order chi connectivity index (χ1) is 12.9. The van der Waals surface area contributed by atoms with Crippen molar-refractivity contribution in [1.82, 2.24) is 0 Å². The number of nitrogens with zero attached hydrogens (tertiary/aromatic N) is 2. The van der Waals surface area contributed by atoms with Gasteiger partial charge in [0.2, 0.25) is 11.8 Å². The van der Waals surface area contributed by atoms with Crippen LogP contribution in [-0.2, 0) is 16.0 Å². The number of carbonyl (C=O) groups is 2. The van der Waals surface area contributed by atoms with Crippen LogP contribution in [0.25, 0.3) is 0 Å². The molecule has 1 atom stereocenters. The smallest absolute Gasteiger partial charge is 0.271 e. The van der Waals surface area contributed by atoms with Gasteiger partial charge < -0.3 is 10.2 Å². The molecule has 27 heavy (non-hydrogen) atoms. The maximum absolute atomic E-state index is 13.9. The number of hydrogen-bond donors (Lipinski definition) is 1. The number of rotatable bonds is 5. The lowest BCUT2D eigenvalue weighted by Crippen LogP contribution is -2.28. The normalized spacial score (nSPS) is 16.4. The van der Waals surface area contributed by atoms with E-state index >= 15 is 0 Å². The standard InChI is InChI=1S/C19H18FN3O4/c1-2-12-3-5-14(6-4-12)22-11-13(9-18(22)24)19(25)21-17-10-15(23(26)27)7-8-16(17)20/h3-8,10,13H,2,9,11H2,1H3,(H,21,25)/t13-/m1/s1. The van der Waals surface area contributed by atoms with Crippen LogP contribution in [-0.4, -0.2) is 23.3 Å². The van der Waals surface area contributed by atoms with E-state index in [4.69, 9.17) is 0 Å². The van der Waals surface area contributed by atoms with Gasteiger partial charge in [-0.2, -0.15) is 0 Å². The Balaban J connectivity index is 1.72. The second kappa shape index (κ2) is 7.53. The number of benzene rings is 2. The number of hydrogen-bond acceptors (Lipinski definition) is 4. The van der Waals surface area contributed by atoms with Gasteiger partial charge in [-0.05, 0) is 30.2 Å². The fraction of sp³-hybridized carbons (Fsp3) is 0.263. The number of non-ortho nitro benzene ring substituents is 1. The van der Waals surface area contributed by atoms with Crippen LogP contribution < -0.4 is 10.2 Å². The van der Waals surface area contributed by atoms with Gasteiger partial charge in [-0.25, -0.2) is 4.39 Å². The number of carbonyl (C=O) groups excluding carboxylic acids is 2. The monoisotopic (exact) mass is 371 g/mol. The maximum atomic E-state index is 13.9. The van der Waals surface area contributed by atoms with Gasteiger partial charge in [0.15, 0.2) is 0 Å². The highest BCUT2D eigenvalue weighted by atomic mass is 19.1. The molecule has 0 saturated carbocycles. The maximum Gasteiger partial charge on any atom is 0.271 e. The van der Waals surface area contributed by atoms with Crippen molar-refractivity contribution in [3.05, 3.63) is 64.0 Å². The highest BCUT2D eigenvalue weighted by Gasteiger charge is 2.35. The summed E-state index contributed by atoms with van der Waals surface area (Å²) in [6, 6.07) is 10.4. The van der Waals surface area contributed by atoms with E-state index in [1.54, 1.807) is 0 Å². The van der Waals surface area contributed by atoms with Gasteiger partial charge in [-0.1, -0.05) is 19.1 Å². The van der Waals surface area contributed by atoms with Crippen molar-refractivity contribution in [2.45, 2.75) is 19.8 Å². The number of amides is 2. The number of nitro benzene ring substituents is 1. The molecule has 1 saturated heterocycles. The summed E-state index contributed by atoms with van der Waals surface area (Å²) < 4.78 is 13.9. The van der Waals surface area contributed by atoms with E-state index in [9.17, 15) is 24.1 Å². The lowest BCUT2D eigenvalue weighted by Gasteiger charge is -2.17. The first-order valence-electron chi connectivity index (χ1n) is 8.53. The number of nitrogens with one attached hydrogen (secondary N) is 1. The molecule has 2 amide bonds. The van der Waals surface area contributed by atoms with Gasteiger partial charge in [0.1, 0.15) is 5.82 Å². The molecule has 1 heterocycles. The van der Waals surface area contributed by atoms with Crippen LogP contribution in [0.15, 0.2) is 42.5 Å². The van der Waals surface area contributed by atoms with Crippen LogP contribution >= 0.6 is 0 Å². The van der Waals surface area contributed by atoms with Crippen LogP contribution in [0.2, 0.25) is 0 Å². The number of anilines is 2. The molecule has 0 aromatic heterocycles. The lowest BCUT2D eigenvalue weighted by atomic mass is 10.1. The molecule has 0 bridgehead atoms. The molecule has 2 aromatic rings. The summed E-state index contributed by atoms with van der Waals surface area (Å²) in [5.41, 5.74) is 1.24. The highest BCUT2D eigenvalue weighted by molar-refractivity contribution is 6.03. The summed E-state index contributed by atoms with van der Waals surface area (Å²) in [6.07, 6.45) is 0.881. The summed E-state index contributed by atoms with van der Waals surface area (Å²) >= 11 is 0. The Kier molecular flexibility index (Phi) is 5.16. The molecule has 1 N–H and O–H groups in total. The van der Waals surface area contributed by atoms with E-state index in [2.05, 4.69) is 5.32 Å². The number of nitro groups is 1. The largest absolute Gasteiger partial charge is 0.323 e. The SMILES string of the molecule is CCc1ccc(N2C[C@H](C(=O)Nc3cc([N+](=O)[O-])ccc3F)CC2=O)cc1. The van der Waals surface area contributed by atoms with E-state index in [1.165, 1.54) is 4.90 Å². The molecule has 0 spiro atoms. The molecule has 1 aliphatic rings. The fourth-order valence-corrected chi connectivity index (χ4v) is 3.00. The molecule has 1 fully saturated rings. The summed E-state index contributed by atoms with van der Waals surface area (Å²) in [6.45, 7) is 2.20. The molecule has 8 heteroatoms. The summed E-state index contributed by atoms with van der Waals surface area (Å²) in [5, 5.41) is 13.2. The topological polar surface area (TPSA) is 92.6 Å². The van der Waals surface area contributed by atoms with Gasteiger partial charge in [-0.3, -0.25) is 19.7 Å². The average Bonchev–Trinajstić information content (AvgIpc) is 3.05. The Hall–Kier alpha value is -3.29. The van der Waals surface area contributed by atoms with Gasteiger partial charge in [0, 0.05) is 30.8 Å². The molecule has 7 nitrogen and oxygen atoms in total. The Morgan fingerprint density at radius 3 is 2.63 bits per heavy atom. The van der Waals surface area contributed by atoms with Crippen molar-refractivity contribution in [2.24, 2.45) is 5.92 Å². The van der Waals surface area contributed by atoms with E-state index in [-0.39, 0.29) is 30.2 Å². The van der Waals surface area contributed by atoms with Crippen molar-refractivity contribution < 1.29 is 18.9 Å². The van der Waals surface area contributed by atoms with Crippen LogP contribution in [0.4, 0.5) is 21.5 Å². The molecule has 3 rings (SSSR count). The predicted octanol–water partition coefficient (Wildman–Crippen LogP) is 3.29. The zero-order chi connectivity index (χ0) is 19.6. The van der Waals surface area contributed by atoms with Crippen molar-refractivity contribution in [3.63, 3.8) is 0 Å². The molecular weight excluding hydrogens is 353 g/mol. The fourth-order valence-electron chi connectivity index (χ4n) is 3.00. The average molecular weight is 371 g/mol. The van der Waals surface area contributed by atoms with Crippen LogP contribution in [0.3, 0.4) is 0 Å². The molecule has 2 aromatic carbocycles. The zero-order valence-corrected chi connectivity index (χ0v) is 14.6. The van der Waals surface area contributed by atoms with E-state index in [0.29, 0.717) is 5.69 Å². The minimum Gasteiger partial charge on any atom is -0.323 e. The third-order valence-corrected chi connectivity index (χ3v) is 4.57. The molecule has 0 aliphatic carbocycles. The van der Waals surface area contributed by atoms with Crippen molar-refractivity contribution in [3.8, 4) is 0 Å². The van der Waals surface area contributed by atoms with Crippen LogP contribution in [0.1, 0.15) is 18.9 Å². The zero-order valence-electron chi connectivity index (χ0n) is 14.6.